The molecule has 240 valence electrons. The van der Waals surface area contributed by atoms with Gasteiger partial charge in [0.25, 0.3) is 0 Å². The zero-order chi connectivity index (χ0) is 32.3. The summed E-state index contributed by atoms with van der Waals surface area (Å²) in [5, 5.41) is 11.1. The van der Waals surface area contributed by atoms with Crippen LogP contribution in [0.2, 0.25) is 0 Å². The highest BCUT2D eigenvalue weighted by molar-refractivity contribution is 5.95. The van der Waals surface area contributed by atoms with Gasteiger partial charge in [0.1, 0.15) is 29.2 Å². The molecule has 0 atom stereocenters. The molecule has 10 nitrogen and oxygen atoms in total. The van der Waals surface area contributed by atoms with Crippen LogP contribution in [0.15, 0.2) is 91.4 Å². The first-order valence-electron chi connectivity index (χ1n) is 16.2. The Morgan fingerprint density at radius 3 is 2.62 bits per heavy atom. The maximum atomic E-state index is 14.8. The van der Waals surface area contributed by atoms with Gasteiger partial charge in [0.05, 0.1) is 11.2 Å². The number of ether oxygens (including phenoxy) is 1. The molecule has 0 aliphatic carbocycles. The van der Waals surface area contributed by atoms with E-state index >= 15 is 0 Å². The second-order valence-corrected chi connectivity index (χ2v) is 12.0. The van der Waals surface area contributed by atoms with Crippen LogP contribution in [0.1, 0.15) is 24.0 Å². The molecule has 0 unspecified atom stereocenters. The number of nitrogens with one attached hydrogen (secondary N) is 3. The number of imidazole rings is 1. The van der Waals surface area contributed by atoms with Gasteiger partial charge < -0.3 is 15.0 Å². The van der Waals surface area contributed by atoms with Crippen LogP contribution in [-0.4, -0.2) is 66.3 Å². The van der Waals surface area contributed by atoms with E-state index in [0.717, 1.165) is 54.1 Å². The topological polar surface area (TPSA) is 121 Å². The molecule has 11 heteroatoms. The quantitative estimate of drug-likeness (QED) is 0.146. The Labute approximate surface area is 276 Å². The van der Waals surface area contributed by atoms with Crippen LogP contribution in [0.5, 0.6) is 5.75 Å². The third kappa shape index (κ3) is 6.38. The zero-order valence-corrected chi connectivity index (χ0v) is 26.3. The first-order valence-corrected chi connectivity index (χ1v) is 16.2. The number of nitrogens with zero attached hydrogens (tertiary/aromatic N) is 6. The van der Waals surface area contributed by atoms with E-state index in [0.29, 0.717) is 52.7 Å². The molecule has 0 spiro atoms. The SMILES string of the molecule is Fc1cc(OCCN2CCCC2)cc(-c2ccnc3[nH]c(-c4n[nH]c5ccc(-c6cncc(CNCc7ccccc7)c6)nc45)nc23)c1. The van der Waals surface area contributed by atoms with Crippen molar-refractivity contribution in [2.75, 3.05) is 26.2 Å². The summed E-state index contributed by atoms with van der Waals surface area (Å²) in [5.74, 6) is 0.631. The molecule has 0 saturated carbocycles. The van der Waals surface area contributed by atoms with Gasteiger partial charge in [0.2, 0.25) is 0 Å². The van der Waals surface area contributed by atoms with Crippen LogP contribution in [0.25, 0.3) is 56.1 Å². The third-order valence-corrected chi connectivity index (χ3v) is 8.67. The minimum absolute atomic E-state index is 0.370. The lowest BCUT2D eigenvalue weighted by molar-refractivity contribution is 0.237. The van der Waals surface area contributed by atoms with E-state index in [2.05, 4.69) is 53.6 Å². The summed E-state index contributed by atoms with van der Waals surface area (Å²) in [6.45, 7) is 4.97. The molecule has 0 bridgehead atoms. The Bertz CT molecular complexity index is 2190. The molecule has 0 amide bonds. The standard InChI is InChI=1S/C37H34FN9O/c38-28-17-26(18-29(19-28)48-15-14-47-12-4-5-13-47)30-10-11-41-36-33(30)43-37(44-36)35-34-32(45-46-35)9-8-31(42-34)27-16-25(22-40-23-27)21-39-20-24-6-2-1-3-7-24/h1-3,6-11,16-19,22-23,39H,4-5,12-15,20-21H2,(H,45,46)(H,41,43,44). The number of likely N-dealkylation sites (tertiary alicyclic amines) is 1. The highest BCUT2D eigenvalue weighted by Gasteiger charge is 2.19. The van der Waals surface area contributed by atoms with Crippen LogP contribution < -0.4 is 10.1 Å². The van der Waals surface area contributed by atoms with Crippen LogP contribution in [0.3, 0.4) is 0 Å². The Hall–Kier alpha value is -5.52. The van der Waals surface area contributed by atoms with Gasteiger partial charge in [-0.3, -0.25) is 15.0 Å². The van der Waals surface area contributed by atoms with Crippen molar-refractivity contribution >= 4 is 22.2 Å². The zero-order valence-electron chi connectivity index (χ0n) is 26.3. The van der Waals surface area contributed by atoms with Crippen molar-refractivity contribution in [1.82, 2.24) is 45.3 Å². The number of hydrogen-bond donors (Lipinski definition) is 3. The number of aromatic nitrogens is 7. The highest BCUT2D eigenvalue weighted by Crippen LogP contribution is 2.33. The van der Waals surface area contributed by atoms with Crippen LogP contribution in [-0.2, 0) is 13.1 Å². The number of benzene rings is 2. The van der Waals surface area contributed by atoms with Crippen molar-refractivity contribution < 1.29 is 9.13 Å². The number of fused-ring (bicyclic) bond motifs is 2. The first kappa shape index (κ1) is 29.9. The van der Waals surface area contributed by atoms with Crippen molar-refractivity contribution in [2.45, 2.75) is 25.9 Å². The molecule has 1 saturated heterocycles. The van der Waals surface area contributed by atoms with E-state index in [-0.39, 0.29) is 5.82 Å². The van der Waals surface area contributed by atoms with Gasteiger partial charge in [-0.2, -0.15) is 5.10 Å². The van der Waals surface area contributed by atoms with Crippen molar-refractivity contribution in [2.24, 2.45) is 0 Å². The average molecular weight is 640 g/mol. The van der Waals surface area contributed by atoms with E-state index < -0.39 is 0 Å². The number of pyridine rings is 3. The number of aromatic amines is 2. The fraction of sp³-hybridized carbons (Fsp3) is 0.216. The van der Waals surface area contributed by atoms with Crippen LogP contribution >= 0.6 is 0 Å². The molecule has 2 aromatic carbocycles. The average Bonchev–Trinajstić information content (AvgIpc) is 3.88. The van der Waals surface area contributed by atoms with Crippen LogP contribution in [0, 0.1) is 5.82 Å². The molecular formula is C37H34FN9O. The third-order valence-electron chi connectivity index (χ3n) is 8.67. The molecule has 3 N–H and O–H groups in total. The predicted molar refractivity (Wildman–Crippen MR) is 184 cm³/mol. The number of hydrogen-bond acceptors (Lipinski definition) is 8. The van der Waals surface area contributed by atoms with Crippen molar-refractivity contribution in [3.63, 3.8) is 0 Å². The summed E-state index contributed by atoms with van der Waals surface area (Å²) in [4.78, 5) is 24.5. The van der Waals surface area contributed by atoms with E-state index in [1.165, 1.54) is 30.5 Å². The molecule has 7 aromatic rings. The smallest absolute Gasteiger partial charge is 0.162 e. The molecule has 1 aliphatic heterocycles. The molecule has 0 radical (unpaired) electrons. The Balaban J connectivity index is 1.05. The summed E-state index contributed by atoms with van der Waals surface area (Å²) in [7, 11) is 0. The van der Waals surface area contributed by atoms with E-state index in [1.807, 2.05) is 54.9 Å². The van der Waals surface area contributed by atoms with Gasteiger partial charge in [-0.25, -0.2) is 19.3 Å². The monoisotopic (exact) mass is 639 g/mol. The lowest BCUT2D eigenvalue weighted by atomic mass is 10.1. The van der Waals surface area contributed by atoms with E-state index in [9.17, 15) is 4.39 Å². The molecule has 6 heterocycles. The molecule has 1 fully saturated rings. The molecular weight excluding hydrogens is 605 g/mol. The maximum Gasteiger partial charge on any atom is 0.162 e. The summed E-state index contributed by atoms with van der Waals surface area (Å²) < 4.78 is 20.8. The number of H-pyrrole nitrogens is 2. The summed E-state index contributed by atoms with van der Waals surface area (Å²) in [6.07, 6.45) is 7.81. The van der Waals surface area contributed by atoms with Gasteiger partial charge in [-0.15, -0.1) is 0 Å². The summed E-state index contributed by atoms with van der Waals surface area (Å²) in [5.41, 5.74) is 8.54. The minimum atomic E-state index is -0.370. The number of halogens is 1. The number of rotatable bonds is 11. The Morgan fingerprint density at radius 1 is 0.854 bits per heavy atom. The van der Waals surface area contributed by atoms with E-state index in [1.54, 1.807) is 6.20 Å². The first-order chi connectivity index (χ1) is 23.7. The molecule has 48 heavy (non-hydrogen) atoms. The normalized spacial score (nSPS) is 13.5. The molecule has 1 aliphatic rings. The van der Waals surface area contributed by atoms with Gasteiger partial charge >= 0.3 is 0 Å². The predicted octanol–water partition coefficient (Wildman–Crippen LogP) is 6.53. The van der Waals surface area contributed by atoms with Gasteiger partial charge in [-0.1, -0.05) is 30.3 Å². The minimum Gasteiger partial charge on any atom is -0.492 e. The van der Waals surface area contributed by atoms with Crippen molar-refractivity contribution in [3.8, 4) is 39.7 Å². The molecule has 5 aromatic heterocycles. The summed E-state index contributed by atoms with van der Waals surface area (Å²) >= 11 is 0. The van der Waals surface area contributed by atoms with Gasteiger partial charge in [-0.05, 0) is 79.0 Å². The lowest BCUT2D eigenvalue weighted by Crippen LogP contribution is -2.25. The van der Waals surface area contributed by atoms with Gasteiger partial charge in [0.15, 0.2) is 17.2 Å². The highest BCUT2D eigenvalue weighted by atomic mass is 19.1. The van der Waals surface area contributed by atoms with Gasteiger partial charge in [0, 0.05) is 55.4 Å². The lowest BCUT2D eigenvalue weighted by Gasteiger charge is -2.15. The fourth-order valence-electron chi connectivity index (χ4n) is 6.25. The Kier molecular flexibility index (Phi) is 8.27. The summed E-state index contributed by atoms with van der Waals surface area (Å²) in [6, 6.07) is 22.9. The Morgan fingerprint density at radius 2 is 1.73 bits per heavy atom. The maximum absolute atomic E-state index is 14.8. The van der Waals surface area contributed by atoms with E-state index in [4.69, 9.17) is 14.7 Å². The molecule has 8 rings (SSSR count). The van der Waals surface area contributed by atoms with Crippen molar-refractivity contribution in [3.05, 3.63) is 108 Å². The van der Waals surface area contributed by atoms with Crippen molar-refractivity contribution in [1.29, 1.82) is 0 Å². The fourth-order valence-corrected chi connectivity index (χ4v) is 6.25. The van der Waals surface area contributed by atoms with Crippen LogP contribution in [0.4, 0.5) is 4.39 Å². The second-order valence-electron chi connectivity index (χ2n) is 12.0. The second kappa shape index (κ2) is 13.3. The largest absolute Gasteiger partial charge is 0.492 e.